The predicted octanol–water partition coefficient (Wildman–Crippen LogP) is 2.46. The SMILES string of the molecule is COc1ccc2cc(C(=O)Nc3cc(C)[nH]n3)[nH]c2c1. The molecule has 0 fully saturated rings. The molecule has 2 heterocycles. The van der Waals surface area contributed by atoms with Crippen LogP contribution < -0.4 is 10.1 Å². The summed E-state index contributed by atoms with van der Waals surface area (Å²) in [5.41, 5.74) is 2.23. The minimum absolute atomic E-state index is 0.230. The van der Waals surface area contributed by atoms with Crippen LogP contribution >= 0.6 is 0 Å². The third kappa shape index (κ3) is 2.23. The van der Waals surface area contributed by atoms with Crippen molar-refractivity contribution in [3.63, 3.8) is 0 Å². The molecule has 0 saturated heterocycles. The Hall–Kier alpha value is -2.76. The van der Waals surface area contributed by atoms with Crippen molar-refractivity contribution < 1.29 is 9.53 Å². The molecule has 3 rings (SSSR count). The minimum atomic E-state index is -0.230. The average Bonchev–Trinajstić information content (AvgIpc) is 3.03. The number of carbonyl (C=O) groups is 1. The molecule has 1 aromatic carbocycles. The number of aromatic amines is 2. The molecule has 0 radical (unpaired) electrons. The molecule has 6 heteroatoms. The van der Waals surface area contributed by atoms with Gasteiger partial charge in [-0.2, -0.15) is 5.10 Å². The largest absolute Gasteiger partial charge is 0.497 e. The molecule has 0 saturated carbocycles. The van der Waals surface area contributed by atoms with Gasteiger partial charge in [0.1, 0.15) is 11.4 Å². The number of benzene rings is 1. The molecule has 2 aromatic heterocycles. The van der Waals surface area contributed by atoms with E-state index >= 15 is 0 Å². The molecule has 3 aromatic rings. The monoisotopic (exact) mass is 270 g/mol. The third-order valence-corrected chi connectivity index (χ3v) is 3.02. The zero-order valence-corrected chi connectivity index (χ0v) is 11.2. The minimum Gasteiger partial charge on any atom is -0.497 e. The number of amides is 1. The van der Waals surface area contributed by atoms with E-state index in [0.29, 0.717) is 11.5 Å². The summed E-state index contributed by atoms with van der Waals surface area (Å²) in [5, 5.41) is 10.4. The molecule has 0 unspecified atom stereocenters. The summed E-state index contributed by atoms with van der Waals surface area (Å²) in [6.45, 7) is 1.87. The van der Waals surface area contributed by atoms with Crippen molar-refractivity contribution in [2.45, 2.75) is 6.92 Å². The number of aromatic nitrogens is 3. The van der Waals surface area contributed by atoms with Gasteiger partial charge in [-0.05, 0) is 25.1 Å². The number of nitrogens with one attached hydrogen (secondary N) is 3. The summed E-state index contributed by atoms with van der Waals surface area (Å²) in [6, 6.07) is 9.17. The van der Waals surface area contributed by atoms with Crippen LogP contribution in [0.15, 0.2) is 30.3 Å². The highest BCUT2D eigenvalue weighted by Crippen LogP contribution is 2.21. The molecule has 6 nitrogen and oxygen atoms in total. The van der Waals surface area contributed by atoms with Gasteiger partial charge in [-0.15, -0.1) is 0 Å². The fourth-order valence-corrected chi connectivity index (χ4v) is 2.02. The standard InChI is InChI=1S/C14H14N4O2/c1-8-5-13(18-17-8)16-14(19)12-6-9-3-4-10(20-2)7-11(9)15-12/h3-7,15H,1-2H3,(H2,16,17,18,19). The van der Waals surface area contributed by atoms with Crippen molar-refractivity contribution in [3.05, 3.63) is 41.7 Å². The van der Waals surface area contributed by atoms with E-state index in [1.807, 2.05) is 25.1 Å². The second-order valence-electron chi connectivity index (χ2n) is 4.53. The zero-order chi connectivity index (χ0) is 14.1. The fraction of sp³-hybridized carbons (Fsp3) is 0.143. The first-order valence-electron chi connectivity index (χ1n) is 6.16. The van der Waals surface area contributed by atoms with E-state index in [2.05, 4.69) is 20.5 Å². The van der Waals surface area contributed by atoms with Crippen molar-refractivity contribution in [1.82, 2.24) is 15.2 Å². The van der Waals surface area contributed by atoms with Crippen LogP contribution in [0.3, 0.4) is 0 Å². The second kappa shape index (κ2) is 4.73. The molecule has 0 aliphatic heterocycles. The lowest BCUT2D eigenvalue weighted by Crippen LogP contribution is -2.12. The number of ether oxygens (including phenoxy) is 1. The molecule has 20 heavy (non-hydrogen) atoms. The number of aryl methyl sites for hydroxylation is 1. The molecule has 1 amide bonds. The van der Waals surface area contributed by atoms with Gasteiger partial charge in [-0.3, -0.25) is 9.89 Å². The lowest BCUT2D eigenvalue weighted by Gasteiger charge is -1.98. The van der Waals surface area contributed by atoms with Gasteiger partial charge < -0.3 is 15.0 Å². The molecule has 3 N–H and O–H groups in total. The second-order valence-corrected chi connectivity index (χ2v) is 4.53. The van der Waals surface area contributed by atoms with Crippen molar-refractivity contribution in [1.29, 1.82) is 0 Å². The van der Waals surface area contributed by atoms with E-state index in [0.717, 1.165) is 22.3 Å². The van der Waals surface area contributed by atoms with Crippen molar-refractivity contribution in [2.75, 3.05) is 12.4 Å². The molecule has 0 aliphatic rings. The normalized spacial score (nSPS) is 10.7. The van der Waals surface area contributed by atoms with Gasteiger partial charge in [0.2, 0.25) is 0 Å². The van der Waals surface area contributed by atoms with Crippen LogP contribution in [-0.2, 0) is 0 Å². The lowest BCUT2D eigenvalue weighted by molar-refractivity contribution is 0.102. The first kappa shape index (κ1) is 12.3. The number of hydrogen-bond acceptors (Lipinski definition) is 3. The number of fused-ring (bicyclic) bond motifs is 1. The molecule has 0 spiro atoms. The van der Waals surface area contributed by atoms with E-state index in [9.17, 15) is 4.79 Å². The van der Waals surface area contributed by atoms with Crippen LogP contribution in [0.25, 0.3) is 10.9 Å². The van der Waals surface area contributed by atoms with E-state index in [4.69, 9.17) is 4.74 Å². The molecule has 0 atom stereocenters. The maximum Gasteiger partial charge on any atom is 0.273 e. The van der Waals surface area contributed by atoms with Crippen molar-refractivity contribution in [3.8, 4) is 5.75 Å². The molecular weight excluding hydrogens is 256 g/mol. The van der Waals surface area contributed by atoms with Gasteiger partial charge in [-0.1, -0.05) is 0 Å². The number of rotatable bonds is 3. The summed E-state index contributed by atoms with van der Waals surface area (Å²) in [5.74, 6) is 1.02. The van der Waals surface area contributed by atoms with E-state index in [-0.39, 0.29) is 5.91 Å². The van der Waals surface area contributed by atoms with Gasteiger partial charge in [-0.25, -0.2) is 0 Å². The molecular formula is C14H14N4O2. The fourth-order valence-electron chi connectivity index (χ4n) is 2.02. The maximum absolute atomic E-state index is 12.1. The highest BCUT2D eigenvalue weighted by Gasteiger charge is 2.11. The maximum atomic E-state index is 12.1. The van der Waals surface area contributed by atoms with E-state index in [1.54, 1.807) is 19.2 Å². The number of hydrogen-bond donors (Lipinski definition) is 3. The quantitative estimate of drug-likeness (QED) is 0.683. The lowest BCUT2D eigenvalue weighted by atomic mass is 10.2. The number of methoxy groups -OCH3 is 1. The van der Waals surface area contributed by atoms with Crippen LogP contribution in [0.4, 0.5) is 5.82 Å². The van der Waals surface area contributed by atoms with Crippen LogP contribution in [-0.4, -0.2) is 28.2 Å². The highest BCUT2D eigenvalue weighted by molar-refractivity contribution is 6.05. The van der Waals surface area contributed by atoms with Crippen molar-refractivity contribution >= 4 is 22.6 Å². The first-order valence-corrected chi connectivity index (χ1v) is 6.16. The van der Waals surface area contributed by atoms with E-state index < -0.39 is 0 Å². The summed E-state index contributed by atoms with van der Waals surface area (Å²) >= 11 is 0. The smallest absolute Gasteiger partial charge is 0.273 e. The van der Waals surface area contributed by atoms with E-state index in [1.165, 1.54) is 0 Å². The zero-order valence-electron chi connectivity index (χ0n) is 11.2. The van der Waals surface area contributed by atoms with Gasteiger partial charge in [0.25, 0.3) is 5.91 Å². The summed E-state index contributed by atoms with van der Waals surface area (Å²) < 4.78 is 5.16. The number of carbonyl (C=O) groups excluding carboxylic acids is 1. The average molecular weight is 270 g/mol. The van der Waals surface area contributed by atoms with Gasteiger partial charge >= 0.3 is 0 Å². The van der Waals surface area contributed by atoms with Gasteiger partial charge in [0.15, 0.2) is 5.82 Å². The number of H-pyrrole nitrogens is 2. The van der Waals surface area contributed by atoms with Crippen LogP contribution in [0, 0.1) is 6.92 Å². The number of nitrogens with zero attached hydrogens (tertiary/aromatic N) is 1. The Morgan fingerprint density at radius 1 is 1.30 bits per heavy atom. The Morgan fingerprint density at radius 2 is 2.15 bits per heavy atom. The van der Waals surface area contributed by atoms with Gasteiger partial charge in [0, 0.05) is 28.7 Å². The van der Waals surface area contributed by atoms with Crippen LogP contribution in [0.2, 0.25) is 0 Å². The number of anilines is 1. The highest BCUT2D eigenvalue weighted by atomic mass is 16.5. The van der Waals surface area contributed by atoms with Gasteiger partial charge in [0.05, 0.1) is 7.11 Å². The molecule has 0 bridgehead atoms. The Kier molecular flexibility index (Phi) is 2.90. The predicted molar refractivity (Wildman–Crippen MR) is 76.1 cm³/mol. The van der Waals surface area contributed by atoms with Crippen LogP contribution in [0.5, 0.6) is 5.75 Å². The van der Waals surface area contributed by atoms with Crippen molar-refractivity contribution in [2.24, 2.45) is 0 Å². The van der Waals surface area contributed by atoms with Crippen LogP contribution in [0.1, 0.15) is 16.2 Å². The Balaban J connectivity index is 1.87. The molecule has 0 aliphatic carbocycles. The summed E-state index contributed by atoms with van der Waals surface area (Å²) in [7, 11) is 1.61. The topological polar surface area (TPSA) is 82.8 Å². The summed E-state index contributed by atoms with van der Waals surface area (Å²) in [4.78, 5) is 15.2. The molecule has 102 valence electrons. The first-order chi connectivity index (χ1) is 9.65. The summed E-state index contributed by atoms with van der Waals surface area (Å²) in [6.07, 6.45) is 0. The Labute approximate surface area is 115 Å². The Morgan fingerprint density at radius 3 is 2.85 bits per heavy atom. The third-order valence-electron chi connectivity index (χ3n) is 3.02. The Bertz CT molecular complexity index is 772.